The fraction of sp³-hybridized carbons (Fsp3) is 0.261. The summed E-state index contributed by atoms with van der Waals surface area (Å²) in [6, 6.07) is 18.6. The summed E-state index contributed by atoms with van der Waals surface area (Å²) in [5.41, 5.74) is 1.67. The van der Waals surface area contributed by atoms with E-state index in [0.717, 1.165) is 12.8 Å². The molecule has 0 heterocycles. The highest BCUT2D eigenvalue weighted by Gasteiger charge is 2.14. The largest absolute Gasteiger partial charge is 0.497 e. The maximum Gasteiger partial charge on any atom is 0.349 e. The Bertz CT molecular complexity index is 883. The van der Waals surface area contributed by atoms with Gasteiger partial charge in [-0.15, -0.1) is 0 Å². The zero-order chi connectivity index (χ0) is 21.1. The monoisotopic (exact) mass is 392 g/mol. The number of ether oxygens (including phenoxy) is 2. The molecule has 1 N–H and O–H groups in total. The van der Waals surface area contributed by atoms with Crippen LogP contribution in [0.5, 0.6) is 5.75 Å². The Morgan fingerprint density at radius 2 is 1.83 bits per heavy atom. The SMILES string of the molecule is COc1ccc(/C=C(\C#N)C(=O)OCC(=O)NC(C)CCc2ccccc2)cc1. The van der Waals surface area contributed by atoms with Gasteiger partial charge >= 0.3 is 5.97 Å². The van der Waals surface area contributed by atoms with Crippen LogP contribution >= 0.6 is 0 Å². The second-order valence-electron chi connectivity index (χ2n) is 6.51. The maximum atomic E-state index is 12.1. The number of esters is 1. The van der Waals surface area contributed by atoms with Crippen molar-refractivity contribution in [2.45, 2.75) is 25.8 Å². The average molecular weight is 392 g/mol. The van der Waals surface area contributed by atoms with Gasteiger partial charge in [0, 0.05) is 6.04 Å². The third kappa shape index (κ3) is 7.51. The number of hydrogen-bond acceptors (Lipinski definition) is 5. The van der Waals surface area contributed by atoms with E-state index in [-0.39, 0.29) is 11.6 Å². The molecule has 0 aromatic heterocycles. The number of carbonyl (C=O) groups excluding carboxylic acids is 2. The van der Waals surface area contributed by atoms with E-state index in [1.165, 1.54) is 11.6 Å². The Kier molecular flexibility index (Phi) is 8.46. The first-order chi connectivity index (χ1) is 14.0. The number of hydrogen-bond donors (Lipinski definition) is 1. The van der Waals surface area contributed by atoms with Gasteiger partial charge in [0.15, 0.2) is 6.61 Å². The number of aryl methyl sites for hydroxylation is 1. The predicted octanol–water partition coefficient (Wildman–Crippen LogP) is 3.28. The van der Waals surface area contributed by atoms with Crippen LogP contribution in [-0.4, -0.2) is 31.6 Å². The number of amides is 1. The summed E-state index contributed by atoms with van der Waals surface area (Å²) in [5, 5.41) is 12.0. The number of carbonyl (C=O) groups is 2. The third-order valence-corrected chi connectivity index (χ3v) is 4.22. The zero-order valence-corrected chi connectivity index (χ0v) is 16.6. The molecule has 0 aliphatic heterocycles. The molecule has 150 valence electrons. The van der Waals surface area contributed by atoms with Gasteiger partial charge in [-0.25, -0.2) is 4.79 Å². The number of benzene rings is 2. The van der Waals surface area contributed by atoms with Gasteiger partial charge in [0.05, 0.1) is 7.11 Å². The molecule has 1 atom stereocenters. The molecule has 0 spiro atoms. The van der Waals surface area contributed by atoms with Crippen molar-refractivity contribution in [3.63, 3.8) is 0 Å². The highest BCUT2D eigenvalue weighted by Crippen LogP contribution is 2.14. The number of nitriles is 1. The van der Waals surface area contributed by atoms with E-state index in [1.807, 2.05) is 37.3 Å². The molecule has 6 nitrogen and oxygen atoms in total. The Labute approximate surface area is 170 Å². The van der Waals surface area contributed by atoms with Gasteiger partial charge in [0.1, 0.15) is 17.4 Å². The van der Waals surface area contributed by atoms with Crippen LogP contribution in [0.3, 0.4) is 0 Å². The second-order valence-corrected chi connectivity index (χ2v) is 6.51. The summed E-state index contributed by atoms with van der Waals surface area (Å²) in [7, 11) is 1.55. The van der Waals surface area contributed by atoms with Crippen molar-refractivity contribution in [1.29, 1.82) is 5.26 Å². The minimum Gasteiger partial charge on any atom is -0.497 e. The molecular weight excluding hydrogens is 368 g/mol. The number of nitrogens with zero attached hydrogens (tertiary/aromatic N) is 1. The van der Waals surface area contributed by atoms with E-state index in [4.69, 9.17) is 9.47 Å². The van der Waals surface area contributed by atoms with Crippen molar-refractivity contribution in [3.8, 4) is 11.8 Å². The number of methoxy groups -OCH3 is 1. The Morgan fingerprint density at radius 3 is 2.45 bits per heavy atom. The Hall–Kier alpha value is -3.59. The summed E-state index contributed by atoms with van der Waals surface area (Å²) in [6.45, 7) is 1.46. The molecule has 0 fully saturated rings. The Morgan fingerprint density at radius 1 is 1.14 bits per heavy atom. The molecule has 0 aliphatic carbocycles. The molecule has 1 amide bonds. The fourth-order valence-electron chi connectivity index (χ4n) is 2.63. The molecule has 0 radical (unpaired) electrons. The molecule has 2 aromatic rings. The molecule has 0 bridgehead atoms. The highest BCUT2D eigenvalue weighted by molar-refractivity contribution is 5.98. The molecule has 2 rings (SSSR count). The van der Waals surface area contributed by atoms with Gasteiger partial charge in [-0.1, -0.05) is 42.5 Å². The molecule has 1 unspecified atom stereocenters. The molecule has 29 heavy (non-hydrogen) atoms. The lowest BCUT2D eigenvalue weighted by Gasteiger charge is -2.14. The van der Waals surface area contributed by atoms with Crippen molar-refractivity contribution in [2.75, 3.05) is 13.7 Å². The predicted molar refractivity (Wildman–Crippen MR) is 110 cm³/mol. The summed E-state index contributed by atoms with van der Waals surface area (Å²) in [5.74, 6) is -0.572. The van der Waals surface area contributed by atoms with Crippen LogP contribution in [0.15, 0.2) is 60.2 Å². The van der Waals surface area contributed by atoms with E-state index in [1.54, 1.807) is 37.4 Å². The molecule has 2 aromatic carbocycles. The summed E-state index contributed by atoms with van der Waals surface area (Å²) in [6.07, 6.45) is 3.01. The molecule has 0 saturated heterocycles. The Balaban J connectivity index is 1.80. The van der Waals surface area contributed by atoms with Crippen LogP contribution in [0.1, 0.15) is 24.5 Å². The van der Waals surface area contributed by atoms with Crippen LogP contribution in [0.4, 0.5) is 0 Å². The van der Waals surface area contributed by atoms with Crippen LogP contribution < -0.4 is 10.1 Å². The first-order valence-electron chi connectivity index (χ1n) is 9.28. The summed E-state index contributed by atoms with van der Waals surface area (Å²) >= 11 is 0. The van der Waals surface area contributed by atoms with Crippen LogP contribution in [0.2, 0.25) is 0 Å². The normalized spacial score (nSPS) is 11.8. The molecular formula is C23H24N2O4. The van der Waals surface area contributed by atoms with Crippen LogP contribution in [-0.2, 0) is 20.7 Å². The summed E-state index contributed by atoms with van der Waals surface area (Å²) < 4.78 is 10.0. The molecule has 6 heteroatoms. The van der Waals surface area contributed by atoms with E-state index in [9.17, 15) is 14.9 Å². The van der Waals surface area contributed by atoms with E-state index in [2.05, 4.69) is 5.32 Å². The van der Waals surface area contributed by atoms with Crippen molar-refractivity contribution in [1.82, 2.24) is 5.32 Å². The lowest BCUT2D eigenvalue weighted by atomic mass is 10.1. The highest BCUT2D eigenvalue weighted by atomic mass is 16.5. The van der Waals surface area contributed by atoms with E-state index < -0.39 is 18.5 Å². The third-order valence-electron chi connectivity index (χ3n) is 4.22. The van der Waals surface area contributed by atoms with Crippen molar-refractivity contribution in [2.24, 2.45) is 0 Å². The average Bonchev–Trinajstić information content (AvgIpc) is 2.75. The minimum atomic E-state index is -0.838. The van der Waals surface area contributed by atoms with Gasteiger partial charge < -0.3 is 14.8 Å². The lowest BCUT2D eigenvalue weighted by molar-refractivity contribution is -0.144. The smallest absolute Gasteiger partial charge is 0.349 e. The van der Waals surface area contributed by atoms with Gasteiger partial charge in [0.2, 0.25) is 0 Å². The maximum absolute atomic E-state index is 12.1. The minimum absolute atomic E-state index is 0.0633. The zero-order valence-electron chi connectivity index (χ0n) is 16.6. The second kappa shape index (κ2) is 11.3. The van der Waals surface area contributed by atoms with Gasteiger partial charge in [-0.3, -0.25) is 4.79 Å². The van der Waals surface area contributed by atoms with Gasteiger partial charge in [0.25, 0.3) is 5.91 Å². The molecule has 0 saturated carbocycles. The van der Waals surface area contributed by atoms with Crippen molar-refractivity contribution >= 4 is 18.0 Å². The lowest BCUT2D eigenvalue weighted by Crippen LogP contribution is -2.36. The van der Waals surface area contributed by atoms with Crippen molar-refractivity contribution in [3.05, 3.63) is 71.3 Å². The van der Waals surface area contributed by atoms with Gasteiger partial charge in [-0.2, -0.15) is 5.26 Å². The first-order valence-corrected chi connectivity index (χ1v) is 9.28. The fourth-order valence-corrected chi connectivity index (χ4v) is 2.63. The quantitative estimate of drug-likeness (QED) is 0.402. The number of rotatable bonds is 9. The number of nitrogens with one attached hydrogen (secondary N) is 1. The van der Waals surface area contributed by atoms with Crippen LogP contribution in [0, 0.1) is 11.3 Å². The van der Waals surface area contributed by atoms with E-state index >= 15 is 0 Å². The van der Waals surface area contributed by atoms with Crippen LogP contribution in [0.25, 0.3) is 6.08 Å². The van der Waals surface area contributed by atoms with Gasteiger partial charge in [-0.05, 0) is 49.1 Å². The summed E-state index contributed by atoms with van der Waals surface area (Å²) in [4.78, 5) is 24.1. The van der Waals surface area contributed by atoms with Crippen molar-refractivity contribution < 1.29 is 19.1 Å². The standard InChI is InChI=1S/C23H24N2O4/c1-17(8-9-18-6-4-3-5-7-18)25-22(26)16-29-23(27)20(15-24)14-19-10-12-21(28-2)13-11-19/h3-7,10-14,17H,8-9,16H2,1-2H3,(H,25,26)/b20-14+. The topological polar surface area (TPSA) is 88.4 Å². The van der Waals surface area contributed by atoms with E-state index in [0.29, 0.717) is 11.3 Å². The first kappa shape index (κ1) is 21.7. The molecule has 0 aliphatic rings.